The van der Waals surface area contributed by atoms with Crippen LogP contribution in [0.4, 0.5) is 16.2 Å². The number of urea groups is 1. The Morgan fingerprint density at radius 3 is 2.31 bits per heavy atom. The lowest BCUT2D eigenvalue weighted by Gasteiger charge is -2.09. The molecule has 0 aliphatic heterocycles. The van der Waals surface area contributed by atoms with Crippen LogP contribution in [0, 0.1) is 0 Å². The van der Waals surface area contributed by atoms with Crippen LogP contribution in [0.2, 0.25) is 0 Å². The molecule has 5 aromatic rings. The smallest absolute Gasteiger partial charge is 0.323 e. The lowest BCUT2D eigenvalue weighted by atomic mass is 10.0. The average molecular weight is 497 g/mol. The Bertz CT molecular complexity index is 1560. The van der Waals surface area contributed by atoms with E-state index in [1.165, 1.54) is 23.7 Å². The Morgan fingerprint density at radius 1 is 0.861 bits per heavy atom. The highest BCUT2D eigenvalue weighted by atomic mass is 32.1. The van der Waals surface area contributed by atoms with Gasteiger partial charge in [-0.15, -0.1) is 11.3 Å². The van der Waals surface area contributed by atoms with Crippen molar-refractivity contribution in [2.45, 2.75) is 6.42 Å². The van der Waals surface area contributed by atoms with Crippen molar-refractivity contribution in [2.75, 3.05) is 10.6 Å². The molecule has 4 N–H and O–H groups in total. The van der Waals surface area contributed by atoms with E-state index in [9.17, 15) is 14.7 Å². The number of benzene rings is 3. The monoisotopic (exact) mass is 496 g/mol. The Kier molecular flexibility index (Phi) is 6.29. The zero-order chi connectivity index (χ0) is 25.1. The number of carbonyl (C=O) groups is 2. The summed E-state index contributed by atoms with van der Waals surface area (Å²) in [5.74, 6) is -0.874. The first-order valence-electron chi connectivity index (χ1n) is 11.0. The number of hydrogen-bond donors (Lipinski definition) is 4. The van der Waals surface area contributed by atoms with E-state index >= 15 is 0 Å². The third-order valence-corrected chi connectivity index (χ3v) is 6.52. The Morgan fingerprint density at radius 2 is 1.58 bits per heavy atom. The average Bonchev–Trinajstić information content (AvgIpc) is 3.30. The number of aromatic hydroxyl groups is 1. The fourth-order valence-electron chi connectivity index (χ4n) is 3.81. The molecule has 0 spiro atoms. The number of aliphatic carboxylic acids is 1. The molecule has 9 heteroatoms. The first-order valence-corrected chi connectivity index (χ1v) is 11.9. The van der Waals surface area contributed by atoms with Crippen molar-refractivity contribution in [3.8, 4) is 28.1 Å². The van der Waals surface area contributed by atoms with E-state index in [0.29, 0.717) is 11.4 Å². The van der Waals surface area contributed by atoms with Gasteiger partial charge in [0.2, 0.25) is 0 Å². The summed E-state index contributed by atoms with van der Waals surface area (Å²) in [7, 11) is 0. The summed E-state index contributed by atoms with van der Waals surface area (Å²) in [5.41, 5.74) is 6.03. The number of nitrogens with zero attached hydrogens (tertiary/aromatic N) is 2. The number of rotatable bonds is 6. The number of carboxylic acids is 1. The number of carboxylic acid groups (broad SMARTS) is 1. The van der Waals surface area contributed by atoms with Gasteiger partial charge in [-0.25, -0.2) is 14.8 Å². The van der Waals surface area contributed by atoms with Crippen LogP contribution in [-0.4, -0.2) is 32.2 Å². The molecule has 2 aromatic heterocycles. The molecule has 0 bridgehead atoms. The number of aromatic nitrogens is 2. The molecule has 36 heavy (non-hydrogen) atoms. The maximum absolute atomic E-state index is 12.3. The molecule has 0 unspecified atom stereocenters. The molecule has 0 aliphatic rings. The van der Waals surface area contributed by atoms with Crippen molar-refractivity contribution in [1.29, 1.82) is 0 Å². The van der Waals surface area contributed by atoms with Crippen molar-refractivity contribution in [2.24, 2.45) is 0 Å². The zero-order valence-electron chi connectivity index (χ0n) is 18.8. The van der Waals surface area contributed by atoms with E-state index in [2.05, 4.69) is 20.6 Å². The Balaban J connectivity index is 1.35. The third-order valence-electron chi connectivity index (χ3n) is 5.54. The number of carbonyl (C=O) groups excluding carboxylic acids is 1. The second kappa shape index (κ2) is 9.85. The van der Waals surface area contributed by atoms with E-state index in [-0.39, 0.29) is 12.2 Å². The van der Waals surface area contributed by atoms with Gasteiger partial charge in [-0.05, 0) is 35.4 Å². The minimum absolute atomic E-state index is 0.0118. The fourth-order valence-corrected chi connectivity index (χ4v) is 4.85. The van der Waals surface area contributed by atoms with Gasteiger partial charge in [0.05, 0.1) is 28.0 Å². The zero-order valence-corrected chi connectivity index (χ0v) is 19.6. The molecular weight excluding hydrogens is 476 g/mol. The normalized spacial score (nSPS) is 10.8. The Hall–Kier alpha value is -4.76. The minimum Gasteiger partial charge on any atom is -0.506 e. The molecule has 0 fully saturated rings. The highest BCUT2D eigenvalue weighted by molar-refractivity contribution is 7.18. The van der Waals surface area contributed by atoms with Crippen LogP contribution in [-0.2, 0) is 11.2 Å². The number of amides is 2. The second-order valence-electron chi connectivity index (χ2n) is 7.99. The van der Waals surface area contributed by atoms with Crippen LogP contribution < -0.4 is 10.6 Å². The maximum atomic E-state index is 12.3. The quantitative estimate of drug-likeness (QED) is 0.214. The molecule has 2 heterocycles. The number of fused-ring (bicyclic) bond motifs is 1. The summed E-state index contributed by atoms with van der Waals surface area (Å²) in [6.45, 7) is 0. The third kappa shape index (κ3) is 4.86. The topological polar surface area (TPSA) is 124 Å². The van der Waals surface area contributed by atoms with E-state index < -0.39 is 12.0 Å². The van der Waals surface area contributed by atoms with Gasteiger partial charge in [0.15, 0.2) is 0 Å². The number of anilines is 2. The predicted molar refractivity (Wildman–Crippen MR) is 140 cm³/mol. The molecular formula is C27H20N4O4S. The molecule has 178 valence electrons. The Labute approximate surface area is 209 Å². The number of nitrogens with one attached hydrogen (secondary N) is 2. The molecule has 3 aromatic carbocycles. The van der Waals surface area contributed by atoms with Crippen molar-refractivity contribution in [1.82, 2.24) is 9.97 Å². The van der Waals surface area contributed by atoms with Gasteiger partial charge in [0.25, 0.3) is 0 Å². The molecule has 8 nitrogen and oxygen atoms in total. The predicted octanol–water partition coefficient (Wildman–Crippen LogP) is 6.00. The summed E-state index contributed by atoms with van der Waals surface area (Å²) in [6.07, 6.45) is 1.51. The van der Waals surface area contributed by atoms with Gasteiger partial charge in [0.1, 0.15) is 12.1 Å². The lowest BCUT2D eigenvalue weighted by Crippen LogP contribution is -2.19. The van der Waals surface area contributed by atoms with Crippen LogP contribution >= 0.6 is 11.3 Å². The van der Waals surface area contributed by atoms with Gasteiger partial charge in [-0.3, -0.25) is 4.79 Å². The van der Waals surface area contributed by atoms with Crippen molar-refractivity contribution in [3.05, 3.63) is 90.1 Å². The largest absolute Gasteiger partial charge is 0.506 e. The van der Waals surface area contributed by atoms with E-state index in [4.69, 9.17) is 5.11 Å². The minimum atomic E-state index is -0.863. The van der Waals surface area contributed by atoms with Crippen LogP contribution in [0.15, 0.2) is 84.5 Å². The van der Waals surface area contributed by atoms with Gasteiger partial charge >= 0.3 is 12.0 Å². The van der Waals surface area contributed by atoms with Crippen LogP contribution in [0.3, 0.4) is 0 Å². The molecule has 0 radical (unpaired) electrons. The number of phenolic OH excluding ortho intramolecular Hbond substituents is 1. The first-order chi connectivity index (χ1) is 17.5. The molecule has 2 amide bonds. The van der Waals surface area contributed by atoms with Gasteiger partial charge in [-0.1, -0.05) is 48.5 Å². The van der Waals surface area contributed by atoms with Gasteiger partial charge < -0.3 is 20.8 Å². The molecule has 5 rings (SSSR count). The van der Waals surface area contributed by atoms with Crippen molar-refractivity contribution < 1.29 is 19.8 Å². The highest BCUT2D eigenvalue weighted by Crippen LogP contribution is 2.37. The highest BCUT2D eigenvalue weighted by Gasteiger charge is 2.14. The molecule has 0 atom stereocenters. The second-order valence-corrected chi connectivity index (χ2v) is 8.87. The van der Waals surface area contributed by atoms with Crippen molar-refractivity contribution in [3.63, 3.8) is 0 Å². The summed E-state index contributed by atoms with van der Waals surface area (Å²) in [4.78, 5) is 32.2. The van der Waals surface area contributed by atoms with Gasteiger partial charge in [-0.2, -0.15) is 0 Å². The van der Waals surface area contributed by atoms with Crippen LogP contribution in [0.25, 0.3) is 32.6 Å². The van der Waals surface area contributed by atoms with Crippen LogP contribution in [0.1, 0.15) is 5.56 Å². The molecule has 0 saturated heterocycles. The number of phenols is 1. The van der Waals surface area contributed by atoms with Crippen molar-refractivity contribution >= 4 is 44.9 Å². The number of para-hydroxylation sites is 2. The molecule has 0 aliphatic carbocycles. The van der Waals surface area contributed by atoms with E-state index in [0.717, 1.165) is 38.2 Å². The lowest BCUT2D eigenvalue weighted by molar-refractivity contribution is -0.136. The standard InChI is InChI=1S/C27H20N4O4S/c32-22-4-2-1-3-21(22)31-27(35)30-19-11-9-18(10-12-19)24-26-25(29-15-28-24)20(14-36-26)17-7-5-16(6-8-17)13-23(33)34/h1-12,14-15,32H,13H2,(H,33,34)(H2,30,31,35). The number of hydrogen-bond acceptors (Lipinski definition) is 6. The number of thiophene rings is 1. The summed E-state index contributed by atoms with van der Waals surface area (Å²) in [5, 5.41) is 26.2. The van der Waals surface area contributed by atoms with E-state index in [1.54, 1.807) is 30.3 Å². The first kappa shape index (κ1) is 23.0. The summed E-state index contributed by atoms with van der Waals surface area (Å²) < 4.78 is 0.931. The summed E-state index contributed by atoms with van der Waals surface area (Å²) in [6, 6.07) is 20.8. The van der Waals surface area contributed by atoms with Gasteiger partial charge in [0, 0.05) is 22.2 Å². The van der Waals surface area contributed by atoms with Crippen LogP contribution in [0.5, 0.6) is 5.75 Å². The summed E-state index contributed by atoms with van der Waals surface area (Å²) >= 11 is 1.54. The SMILES string of the molecule is O=C(O)Cc1ccc(-c2csc3c(-c4ccc(NC(=O)Nc5ccccc5O)cc4)ncnc23)cc1. The molecule has 0 saturated carbocycles. The van der Waals surface area contributed by atoms with E-state index in [1.807, 2.05) is 41.8 Å². The fraction of sp³-hybridized carbons (Fsp3) is 0.0370. The maximum Gasteiger partial charge on any atom is 0.323 e.